The Balaban J connectivity index is 1.54. The van der Waals surface area contributed by atoms with Crippen molar-refractivity contribution < 1.29 is 4.74 Å². The van der Waals surface area contributed by atoms with E-state index in [1.54, 1.807) is 0 Å². The topological polar surface area (TPSA) is 27.1 Å². The van der Waals surface area contributed by atoms with Crippen LogP contribution in [0.25, 0.3) is 0 Å². The van der Waals surface area contributed by atoms with Crippen molar-refractivity contribution in [1.29, 1.82) is 0 Å². The Kier molecular flexibility index (Phi) is 4.63. The maximum Gasteiger partial charge on any atom is 0.0605 e. The molecule has 2 fully saturated rings. The van der Waals surface area contributed by atoms with Crippen LogP contribution in [0.5, 0.6) is 0 Å². The van der Waals surface area contributed by atoms with Gasteiger partial charge in [-0.1, -0.05) is 20.8 Å². The number of hydrogen-bond donors (Lipinski definition) is 0. The maximum atomic E-state index is 5.96. The van der Waals surface area contributed by atoms with Crippen molar-refractivity contribution in [3.05, 3.63) is 18.0 Å². The van der Waals surface area contributed by atoms with E-state index in [0.29, 0.717) is 12.1 Å². The van der Waals surface area contributed by atoms with Gasteiger partial charge in [0.25, 0.3) is 0 Å². The first-order valence-corrected chi connectivity index (χ1v) is 9.10. The SMILES string of the molecule is CC(CC[C@H]1CCO[C@@H](C2CC2)C1)n1nccc1C(C)(C)C. The van der Waals surface area contributed by atoms with E-state index in [9.17, 15) is 0 Å². The van der Waals surface area contributed by atoms with E-state index in [4.69, 9.17) is 4.74 Å². The molecule has 3 nitrogen and oxygen atoms in total. The zero-order valence-corrected chi connectivity index (χ0v) is 14.7. The molecule has 1 aromatic rings. The van der Waals surface area contributed by atoms with Gasteiger partial charge in [0.2, 0.25) is 0 Å². The summed E-state index contributed by atoms with van der Waals surface area (Å²) < 4.78 is 8.21. The highest BCUT2D eigenvalue weighted by molar-refractivity contribution is 5.12. The summed E-state index contributed by atoms with van der Waals surface area (Å²) in [5, 5.41) is 4.59. The third kappa shape index (κ3) is 3.73. The predicted molar refractivity (Wildman–Crippen MR) is 90.1 cm³/mol. The molecular formula is C19H32N2O. The zero-order valence-electron chi connectivity index (χ0n) is 14.7. The van der Waals surface area contributed by atoms with Gasteiger partial charge in [-0.15, -0.1) is 0 Å². The molecule has 0 amide bonds. The Morgan fingerprint density at radius 2 is 2.09 bits per heavy atom. The molecule has 1 unspecified atom stereocenters. The molecule has 0 aromatic carbocycles. The Morgan fingerprint density at radius 3 is 2.77 bits per heavy atom. The number of nitrogens with zero attached hydrogens (tertiary/aromatic N) is 2. The van der Waals surface area contributed by atoms with Crippen LogP contribution in [0, 0.1) is 11.8 Å². The average Bonchev–Trinajstić information content (AvgIpc) is 3.20. The fourth-order valence-corrected chi connectivity index (χ4v) is 3.82. The molecule has 1 aliphatic carbocycles. The first-order valence-electron chi connectivity index (χ1n) is 9.10. The van der Waals surface area contributed by atoms with Crippen LogP contribution in [0.15, 0.2) is 12.3 Å². The highest BCUT2D eigenvalue weighted by Crippen LogP contribution is 2.40. The summed E-state index contributed by atoms with van der Waals surface area (Å²) in [6, 6.07) is 2.67. The van der Waals surface area contributed by atoms with Gasteiger partial charge in [-0.25, -0.2) is 0 Å². The molecule has 124 valence electrons. The molecule has 1 aliphatic heterocycles. The Morgan fingerprint density at radius 1 is 1.32 bits per heavy atom. The maximum absolute atomic E-state index is 5.96. The summed E-state index contributed by atoms with van der Waals surface area (Å²) in [6.07, 6.45) is 10.4. The molecule has 2 aliphatic rings. The lowest BCUT2D eigenvalue weighted by atomic mass is 9.88. The van der Waals surface area contributed by atoms with Gasteiger partial charge >= 0.3 is 0 Å². The molecule has 22 heavy (non-hydrogen) atoms. The third-order valence-electron chi connectivity index (χ3n) is 5.42. The molecule has 3 rings (SSSR count). The minimum atomic E-state index is 0.167. The second kappa shape index (κ2) is 6.35. The quantitative estimate of drug-likeness (QED) is 0.786. The van der Waals surface area contributed by atoms with Crippen LogP contribution in [0.4, 0.5) is 0 Å². The Hall–Kier alpha value is -0.830. The van der Waals surface area contributed by atoms with Crippen LogP contribution in [-0.4, -0.2) is 22.5 Å². The average molecular weight is 304 g/mol. The zero-order chi connectivity index (χ0) is 15.7. The lowest BCUT2D eigenvalue weighted by Crippen LogP contribution is -2.28. The van der Waals surface area contributed by atoms with Gasteiger partial charge in [-0.05, 0) is 63.4 Å². The molecule has 0 radical (unpaired) electrons. The van der Waals surface area contributed by atoms with Crippen molar-refractivity contribution in [3.63, 3.8) is 0 Å². The lowest BCUT2D eigenvalue weighted by Gasteiger charge is -2.31. The van der Waals surface area contributed by atoms with Crippen LogP contribution >= 0.6 is 0 Å². The molecule has 1 aromatic heterocycles. The smallest absolute Gasteiger partial charge is 0.0605 e. The van der Waals surface area contributed by atoms with E-state index in [-0.39, 0.29) is 5.41 Å². The first-order chi connectivity index (χ1) is 10.4. The summed E-state index contributed by atoms with van der Waals surface area (Å²) >= 11 is 0. The van der Waals surface area contributed by atoms with Crippen LogP contribution in [0.3, 0.4) is 0 Å². The minimum absolute atomic E-state index is 0.167. The number of ether oxygens (including phenoxy) is 1. The van der Waals surface area contributed by atoms with Gasteiger partial charge < -0.3 is 4.74 Å². The van der Waals surface area contributed by atoms with Gasteiger partial charge in [-0.2, -0.15) is 5.10 Å². The molecule has 0 bridgehead atoms. The van der Waals surface area contributed by atoms with E-state index in [1.165, 1.54) is 44.2 Å². The summed E-state index contributed by atoms with van der Waals surface area (Å²) in [4.78, 5) is 0. The highest BCUT2D eigenvalue weighted by Gasteiger charge is 2.35. The standard InChI is InChI=1S/C19H32N2O/c1-14(21-18(9-11-20-21)19(2,3)4)5-6-15-10-12-22-17(13-15)16-7-8-16/h9,11,14-17H,5-8,10,12-13H2,1-4H3/t14?,15-,17+/m0/s1. The molecule has 1 saturated carbocycles. The van der Waals surface area contributed by atoms with E-state index in [0.717, 1.165) is 18.4 Å². The van der Waals surface area contributed by atoms with E-state index in [2.05, 4.69) is 43.5 Å². The molecule has 3 heteroatoms. The largest absolute Gasteiger partial charge is 0.378 e. The van der Waals surface area contributed by atoms with Crippen molar-refractivity contribution in [3.8, 4) is 0 Å². The predicted octanol–water partition coefficient (Wildman–Crippen LogP) is 4.73. The Bertz CT molecular complexity index is 484. The molecule has 0 spiro atoms. The van der Waals surface area contributed by atoms with E-state index >= 15 is 0 Å². The third-order valence-corrected chi connectivity index (χ3v) is 5.42. The monoisotopic (exact) mass is 304 g/mol. The molecule has 0 N–H and O–H groups in total. The number of aromatic nitrogens is 2. The Labute approximate surface area is 135 Å². The molecule has 3 atom stereocenters. The van der Waals surface area contributed by atoms with Crippen molar-refractivity contribution >= 4 is 0 Å². The van der Waals surface area contributed by atoms with E-state index in [1.807, 2.05) is 6.20 Å². The molecule has 1 saturated heterocycles. The summed E-state index contributed by atoms with van der Waals surface area (Å²) in [5.74, 6) is 1.74. The number of hydrogen-bond acceptors (Lipinski definition) is 2. The van der Waals surface area contributed by atoms with Gasteiger partial charge in [0, 0.05) is 30.0 Å². The summed E-state index contributed by atoms with van der Waals surface area (Å²) in [5.41, 5.74) is 1.52. The first kappa shape index (κ1) is 16.0. The second-order valence-corrected chi connectivity index (χ2v) is 8.47. The van der Waals surface area contributed by atoms with Crippen LogP contribution in [0.2, 0.25) is 0 Å². The summed E-state index contributed by atoms with van der Waals surface area (Å²) in [7, 11) is 0. The fraction of sp³-hybridized carbons (Fsp3) is 0.842. The van der Waals surface area contributed by atoms with Gasteiger partial charge in [0.05, 0.1) is 6.10 Å². The molecule has 2 heterocycles. The van der Waals surface area contributed by atoms with Gasteiger partial charge in [-0.3, -0.25) is 4.68 Å². The van der Waals surface area contributed by atoms with Crippen molar-refractivity contribution in [1.82, 2.24) is 9.78 Å². The summed E-state index contributed by atoms with van der Waals surface area (Å²) in [6.45, 7) is 10.1. The molecular weight excluding hydrogens is 272 g/mol. The second-order valence-electron chi connectivity index (χ2n) is 8.47. The van der Waals surface area contributed by atoms with Gasteiger partial charge in [0.1, 0.15) is 0 Å². The number of rotatable bonds is 5. The lowest BCUT2D eigenvalue weighted by molar-refractivity contribution is -0.0236. The minimum Gasteiger partial charge on any atom is -0.378 e. The van der Waals surface area contributed by atoms with Crippen molar-refractivity contribution in [2.75, 3.05) is 6.61 Å². The van der Waals surface area contributed by atoms with Gasteiger partial charge in [0.15, 0.2) is 0 Å². The van der Waals surface area contributed by atoms with Crippen molar-refractivity contribution in [2.45, 2.75) is 83.8 Å². The van der Waals surface area contributed by atoms with Crippen LogP contribution < -0.4 is 0 Å². The normalized spacial score (nSPS) is 27.8. The fourth-order valence-electron chi connectivity index (χ4n) is 3.82. The van der Waals surface area contributed by atoms with Crippen LogP contribution in [-0.2, 0) is 10.2 Å². The highest BCUT2D eigenvalue weighted by atomic mass is 16.5. The van der Waals surface area contributed by atoms with Crippen molar-refractivity contribution in [2.24, 2.45) is 11.8 Å². The van der Waals surface area contributed by atoms with Crippen LogP contribution in [0.1, 0.15) is 78.0 Å². The van der Waals surface area contributed by atoms with E-state index < -0.39 is 0 Å².